The van der Waals surface area contributed by atoms with Crippen molar-refractivity contribution in [2.24, 2.45) is 0 Å². The molecule has 0 atom stereocenters. The van der Waals surface area contributed by atoms with E-state index >= 15 is 0 Å². The maximum absolute atomic E-state index is 5.95. The molecule has 0 aliphatic heterocycles. The van der Waals surface area contributed by atoms with E-state index in [2.05, 4.69) is 35.8 Å². The monoisotopic (exact) mass is 243 g/mol. The Morgan fingerprint density at radius 2 is 2.00 bits per heavy atom. The second kappa shape index (κ2) is 5.25. The number of hydrogen-bond acceptors (Lipinski definition) is 2. The van der Waals surface area contributed by atoms with Gasteiger partial charge in [-0.05, 0) is 38.0 Å². The Morgan fingerprint density at radius 3 is 2.67 bits per heavy atom. The summed E-state index contributed by atoms with van der Waals surface area (Å²) in [6.07, 6.45) is 2.35. The molecule has 0 aliphatic rings. The third kappa shape index (κ3) is 2.55. The lowest BCUT2D eigenvalue weighted by atomic mass is 10.1. The van der Waals surface area contributed by atoms with Gasteiger partial charge in [0.25, 0.3) is 0 Å². The zero-order valence-electron chi connectivity index (χ0n) is 11.4. The predicted molar refractivity (Wildman–Crippen MR) is 76.5 cm³/mol. The Balaban J connectivity index is 2.30. The van der Waals surface area contributed by atoms with Crippen molar-refractivity contribution in [2.75, 3.05) is 5.73 Å². The molecule has 0 saturated carbocycles. The summed E-state index contributed by atoms with van der Waals surface area (Å²) in [5, 5.41) is 4.65. The van der Waals surface area contributed by atoms with Gasteiger partial charge in [0.1, 0.15) is 0 Å². The van der Waals surface area contributed by atoms with Gasteiger partial charge in [0, 0.05) is 23.5 Å². The van der Waals surface area contributed by atoms with E-state index in [1.54, 1.807) is 0 Å². The van der Waals surface area contributed by atoms with Crippen molar-refractivity contribution in [3.8, 4) is 11.3 Å². The van der Waals surface area contributed by atoms with Gasteiger partial charge < -0.3 is 5.73 Å². The highest BCUT2D eigenvalue weighted by Gasteiger charge is 2.07. The quantitative estimate of drug-likeness (QED) is 0.834. The van der Waals surface area contributed by atoms with Crippen LogP contribution >= 0.6 is 0 Å². The molecular weight excluding hydrogens is 222 g/mol. The highest BCUT2D eigenvalue weighted by atomic mass is 15.3. The molecule has 0 fully saturated rings. The number of nitrogens with two attached hydrogens (primary N) is 1. The normalized spacial score (nSPS) is 10.8. The van der Waals surface area contributed by atoms with Gasteiger partial charge in [0.2, 0.25) is 0 Å². The van der Waals surface area contributed by atoms with Crippen molar-refractivity contribution in [3.05, 3.63) is 35.5 Å². The Kier molecular flexibility index (Phi) is 3.70. The van der Waals surface area contributed by atoms with Gasteiger partial charge in [-0.2, -0.15) is 5.10 Å². The number of hydrogen-bond donors (Lipinski definition) is 1. The number of benzene rings is 1. The van der Waals surface area contributed by atoms with E-state index in [1.807, 2.05) is 19.1 Å². The number of nitrogen functional groups attached to an aromatic ring is 1. The lowest BCUT2D eigenvalue weighted by Crippen LogP contribution is -2.01. The van der Waals surface area contributed by atoms with Crippen molar-refractivity contribution in [3.63, 3.8) is 0 Å². The Bertz CT molecular complexity index is 541. The van der Waals surface area contributed by atoms with E-state index in [-0.39, 0.29) is 0 Å². The van der Waals surface area contributed by atoms with Crippen LogP contribution in [0.5, 0.6) is 0 Å². The van der Waals surface area contributed by atoms with E-state index < -0.39 is 0 Å². The first-order valence-electron chi connectivity index (χ1n) is 6.52. The molecule has 96 valence electrons. The Labute approximate surface area is 109 Å². The van der Waals surface area contributed by atoms with Crippen molar-refractivity contribution in [1.82, 2.24) is 9.78 Å². The molecule has 0 bridgehead atoms. The molecule has 18 heavy (non-hydrogen) atoms. The first-order valence-corrected chi connectivity index (χ1v) is 6.52. The van der Waals surface area contributed by atoms with Gasteiger partial charge in [-0.25, -0.2) is 0 Å². The molecule has 1 heterocycles. The van der Waals surface area contributed by atoms with Crippen LogP contribution in [0.25, 0.3) is 11.3 Å². The third-order valence-electron chi connectivity index (χ3n) is 3.28. The van der Waals surface area contributed by atoms with Crippen LogP contribution in [0.15, 0.2) is 24.3 Å². The van der Waals surface area contributed by atoms with Crippen LogP contribution in [0.1, 0.15) is 31.0 Å². The summed E-state index contributed by atoms with van der Waals surface area (Å²) in [6.45, 7) is 7.30. The molecule has 1 aromatic heterocycles. The minimum Gasteiger partial charge on any atom is -0.398 e. The minimum atomic E-state index is 0.827. The van der Waals surface area contributed by atoms with Crippen molar-refractivity contribution in [2.45, 2.75) is 40.2 Å². The lowest BCUT2D eigenvalue weighted by molar-refractivity contribution is 0.560. The number of nitrogens with zero attached hydrogens (tertiary/aromatic N) is 2. The topological polar surface area (TPSA) is 43.8 Å². The second-order valence-corrected chi connectivity index (χ2v) is 4.82. The molecule has 0 radical (unpaired) electrons. The highest BCUT2D eigenvalue weighted by molar-refractivity contribution is 5.66. The van der Waals surface area contributed by atoms with Crippen LogP contribution < -0.4 is 5.73 Å². The summed E-state index contributed by atoms with van der Waals surface area (Å²) in [5.74, 6) is 0. The first kappa shape index (κ1) is 12.7. The van der Waals surface area contributed by atoms with E-state index in [9.17, 15) is 0 Å². The van der Waals surface area contributed by atoms with Crippen molar-refractivity contribution < 1.29 is 0 Å². The van der Waals surface area contributed by atoms with Crippen LogP contribution in [0.2, 0.25) is 0 Å². The van der Waals surface area contributed by atoms with Gasteiger partial charge in [0.05, 0.1) is 5.69 Å². The van der Waals surface area contributed by atoms with Gasteiger partial charge in [-0.3, -0.25) is 4.68 Å². The second-order valence-electron chi connectivity index (χ2n) is 4.82. The lowest BCUT2D eigenvalue weighted by Gasteiger charge is -2.03. The van der Waals surface area contributed by atoms with Gasteiger partial charge in [-0.15, -0.1) is 0 Å². The van der Waals surface area contributed by atoms with Gasteiger partial charge >= 0.3 is 0 Å². The number of aromatic nitrogens is 2. The maximum Gasteiger partial charge on any atom is 0.0926 e. The molecule has 3 heteroatoms. The summed E-state index contributed by atoms with van der Waals surface area (Å²) < 4.78 is 2.08. The fourth-order valence-corrected chi connectivity index (χ4v) is 1.99. The van der Waals surface area contributed by atoms with Crippen LogP contribution in [-0.2, 0) is 6.54 Å². The first-order chi connectivity index (χ1) is 8.61. The fraction of sp³-hybridized carbons (Fsp3) is 0.400. The van der Waals surface area contributed by atoms with E-state index in [1.165, 1.54) is 12.1 Å². The summed E-state index contributed by atoms with van der Waals surface area (Å²) in [7, 11) is 0. The Morgan fingerprint density at radius 1 is 1.22 bits per heavy atom. The molecule has 3 nitrogen and oxygen atoms in total. The molecule has 2 rings (SSSR count). The standard InChI is InChI=1S/C15H21N3/c1-4-5-8-18-12(3)9-15(17-18)13-7-6-11(2)14(16)10-13/h6-7,9-10H,4-5,8,16H2,1-3H3. The SMILES string of the molecule is CCCCn1nc(-c2ccc(C)c(N)c2)cc1C. The van der Waals surface area contributed by atoms with Crippen molar-refractivity contribution in [1.29, 1.82) is 0 Å². The number of unbranched alkanes of at least 4 members (excludes halogenated alkanes) is 1. The van der Waals surface area contributed by atoms with E-state index in [4.69, 9.17) is 5.73 Å². The predicted octanol–water partition coefficient (Wildman–Crippen LogP) is 3.55. The third-order valence-corrected chi connectivity index (χ3v) is 3.28. The van der Waals surface area contributed by atoms with E-state index in [0.29, 0.717) is 0 Å². The zero-order valence-corrected chi connectivity index (χ0v) is 11.4. The molecule has 2 N–H and O–H groups in total. The average Bonchev–Trinajstić information content (AvgIpc) is 2.72. The van der Waals surface area contributed by atoms with Gasteiger partial charge in [0.15, 0.2) is 0 Å². The fourth-order valence-electron chi connectivity index (χ4n) is 1.99. The van der Waals surface area contributed by atoms with E-state index in [0.717, 1.165) is 35.5 Å². The molecular formula is C15H21N3. The summed E-state index contributed by atoms with van der Waals surface area (Å²) in [5.41, 5.74) is 11.2. The average molecular weight is 243 g/mol. The molecule has 0 unspecified atom stereocenters. The molecule has 2 aromatic rings. The van der Waals surface area contributed by atoms with Crippen LogP contribution in [0.4, 0.5) is 5.69 Å². The summed E-state index contributed by atoms with van der Waals surface area (Å²) in [4.78, 5) is 0. The zero-order chi connectivity index (χ0) is 13.1. The summed E-state index contributed by atoms with van der Waals surface area (Å²) >= 11 is 0. The molecule has 0 spiro atoms. The molecule has 1 aromatic carbocycles. The highest BCUT2D eigenvalue weighted by Crippen LogP contribution is 2.23. The maximum atomic E-state index is 5.95. The summed E-state index contributed by atoms with van der Waals surface area (Å²) in [6, 6.07) is 8.25. The minimum absolute atomic E-state index is 0.827. The van der Waals surface area contributed by atoms with Gasteiger partial charge in [-0.1, -0.05) is 25.5 Å². The van der Waals surface area contributed by atoms with Crippen LogP contribution in [0, 0.1) is 13.8 Å². The van der Waals surface area contributed by atoms with Crippen LogP contribution in [0.3, 0.4) is 0 Å². The Hall–Kier alpha value is -1.77. The number of anilines is 1. The molecule has 0 amide bonds. The number of aryl methyl sites for hydroxylation is 3. The molecule has 0 saturated heterocycles. The largest absolute Gasteiger partial charge is 0.398 e. The molecule has 0 aliphatic carbocycles. The van der Waals surface area contributed by atoms with Crippen molar-refractivity contribution >= 4 is 5.69 Å². The van der Waals surface area contributed by atoms with Crippen LogP contribution in [-0.4, -0.2) is 9.78 Å². The smallest absolute Gasteiger partial charge is 0.0926 e. The number of rotatable bonds is 4.